The van der Waals surface area contributed by atoms with Crippen molar-refractivity contribution >= 4 is 15.9 Å². The van der Waals surface area contributed by atoms with E-state index in [2.05, 4.69) is 25.9 Å². The smallest absolute Gasteiger partial charge is 0.265 e. The van der Waals surface area contributed by atoms with Gasteiger partial charge in [0.05, 0.1) is 5.69 Å². The fraction of sp³-hybridized carbons (Fsp3) is 0.600. The number of nitrogens with zero attached hydrogens (tertiary/aromatic N) is 1. The summed E-state index contributed by atoms with van der Waals surface area (Å²) in [5.74, 6) is 1.13. The molecule has 1 aliphatic rings. The van der Waals surface area contributed by atoms with Crippen molar-refractivity contribution in [2.75, 3.05) is 13.2 Å². The topological polar surface area (TPSA) is 55.0 Å². The van der Waals surface area contributed by atoms with Crippen LogP contribution in [0.2, 0.25) is 0 Å². The molecule has 0 atom stereocenters. The SMILES string of the molecule is Cc1nc(C2CCOCC2)[nH]c(=O)c1Br. The molecule has 0 aliphatic carbocycles. The molecule has 82 valence electrons. The third kappa shape index (κ3) is 2.29. The molecule has 1 saturated heterocycles. The van der Waals surface area contributed by atoms with Crippen LogP contribution in [0.4, 0.5) is 0 Å². The maximum absolute atomic E-state index is 11.5. The van der Waals surface area contributed by atoms with Crippen LogP contribution < -0.4 is 5.56 Å². The Morgan fingerprint density at radius 3 is 2.73 bits per heavy atom. The highest BCUT2D eigenvalue weighted by molar-refractivity contribution is 9.10. The Balaban J connectivity index is 2.32. The summed E-state index contributed by atoms with van der Waals surface area (Å²) < 4.78 is 5.80. The van der Waals surface area contributed by atoms with Crippen molar-refractivity contribution in [1.82, 2.24) is 9.97 Å². The molecule has 0 spiro atoms. The molecule has 1 N–H and O–H groups in total. The molecule has 2 rings (SSSR count). The average Bonchev–Trinajstić information content (AvgIpc) is 2.26. The van der Waals surface area contributed by atoms with Gasteiger partial charge in [0.1, 0.15) is 10.3 Å². The summed E-state index contributed by atoms with van der Waals surface area (Å²) in [7, 11) is 0. The summed E-state index contributed by atoms with van der Waals surface area (Å²) in [6.45, 7) is 3.34. The van der Waals surface area contributed by atoms with Gasteiger partial charge in [0.15, 0.2) is 0 Å². The number of aromatic amines is 1. The quantitative estimate of drug-likeness (QED) is 0.847. The first-order valence-electron chi connectivity index (χ1n) is 5.02. The molecular weight excluding hydrogens is 260 g/mol. The van der Waals surface area contributed by atoms with E-state index in [0.717, 1.165) is 37.6 Å². The fourth-order valence-corrected chi connectivity index (χ4v) is 1.95. The van der Waals surface area contributed by atoms with Crippen molar-refractivity contribution in [3.8, 4) is 0 Å². The Morgan fingerprint density at radius 1 is 1.47 bits per heavy atom. The van der Waals surface area contributed by atoms with E-state index in [1.54, 1.807) is 0 Å². The largest absolute Gasteiger partial charge is 0.381 e. The van der Waals surface area contributed by atoms with Crippen LogP contribution in [0.3, 0.4) is 0 Å². The number of ether oxygens (including phenoxy) is 1. The Bertz CT molecular complexity index is 410. The maximum atomic E-state index is 11.5. The molecule has 4 nitrogen and oxygen atoms in total. The molecule has 1 aliphatic heterocycles. The summed E-state index contributed by atoms with van der Waals surface area (Å²) >= 11 is 3.21. The van der Waals surface area contributed by atoms with Gasteiger partial charge in [0.2, 0.25) is 0 Å². The predicted octanol–water partition coefficient (Wildman–Crippen LogP) is 1.73. The van der Waals surface area contributed by atoms with Crippen LogP contribution in [0.15, 0.2) is 9.27 Å². The van der Waals surface area contributed by atoms with Crippen molar-refractivity contribution < 1.29 is 4.74 Å². The highest BCUT2D eigenvalue weighted by Crippen LogP contribution is 2.24. The zero-order valence-corrected chi connectivity index (χ0v) is 10.1. The van der Waals surface area contributed by atoms with Gasteiger partial charge < -0.3 is 9.72 Å². The van der Waals surface area contributed by atoms with Crippen LogP contribution in [0, 0.1) is 6.92 Å². The predicted molar refractivity (Wildman–Crippen MR) is 60.1 cm³/mol. The standard InChI is InChI=1S/C10H13BrN2O2/c1-6-8(11)10(14)13-9(12-6)7-2-4-15-5-3-7/h7H,2-5H2,1H3,(H,12,13,14). The molecule has 0 saturated carbocycles. The molecule has 1 aromatic heterocycles. The molecule has 15 heavy (non-hydrogen) atoms. The lowest BCUT2D eigenvalue weighted by Crippen LogP contribution is -2.21. The van der Waals surface area contributed by atoms with Gasteiger partial charge in [0, 0.05) is 19.1 Å². The van der Waals surface area contributed by atoms with E-state index in [0.29, 0.717) is 10.4 Å². The molecule has 5 heteroatoms. The van der Waals surface area contributed by atoms with E-state index in [-0.39, 0.29) is 5.56 Å². The number of halogens is 1. The molecule has 0 bridgehead atoms. The van der Waals surface area contributed by atoms with Gasteiger partial charge in [0.25, 0.3) is 5.56 Å². The minimum absolute atomic E-state index is 0.0935. The van der Waals surface area contributed by atoms with Gasteiger partial charge in [-0.2, -0.15) is 0 Å². The zero-order chi connectivity index (χ0) is 10.8. The van der Waals surface area contributed by atoms with Gasteiger partial charge in [-0.1, -0.05) is 0 Å². The van der Waals surface area contributed by atoms with E-state index in [1.807, 2.05) is 6.92 Å². The monoisotopic (exact) mass is 272 g/mol. The van der Waals surface area contributed by atoms with Crippen LogP contribution in [0.25, 0.3) is 0 Å². The zero-order valence-electron chi connectivity index (χ0n) is 8.55. The molecule has 0 radical (unpaired) electrons. The lowest BCUT2D eigenvalue weighted by molar-refractivity contribution is 0.0835. The van der Waals surface area contributed by atoms with Crippen LogP contribution in [-0.4, -0.2) is 23.2 Å². The summed E-state index contributed by atoms with van der Waals surface area (Å²) in [6, 6.07) is 0. The Labute approximate surface area is 96.2 Å². The van der Waals surface area contributed by atoms with Crippen LogP contribution in [0.5, 0.6) is 0 Å². The second-order valence-electron chi connectivity index (χ2n) is 3.74. The minimum atomic E-state index is -0.0935. The molecule has 0 unspecified atom stereocenters. The van der Waals surface area contributed by atoms with Crippen molar-refractivity contribution in [3.05, 3.63) is 26.3 Å². The lowest BCUT2D eigenvalue weighted by Gasteiger charge is -2.21. The molecule has 2 heterocycles. The van der Waals surface area contributed by atoms with Gasteiger partial charge in [-0.25, -0.2) is 4.98 Å². The first-order valence-corrected chi connectivity index (χ1v) is 5.82. The van der Waals surface area contributed by atoms with Crippen LogP contribution in [0.1, 0.15) is 30.3 Å². The number of H-pyrrole nitrogens is 1. The van der Waals surface area contributed by atoms with Gasteiger partial charge >= 0.3 is 0 Å². The lowest BCUT2D eigenvalue weighted by atomic mass is 9.99. The van der Waals surface area contributed by atoms with Crippen molar-refractivity contribution in [3.63, 3.8) is 0 Å². The van der Waals surface area contributed by atoms with E-state index in [1.165, 1.54) is 0 Å². The van der Waals surface area contributed by atoms with E-state index in [4.69, 9.17) is 4.74 Å². The van der Waals surface area contributed by atoms with E-state index >= 15 is 0 Å². The third-order valence-electron chi connectivity index (χ3n) is 2.65. The number of aryl methyl sites for hydroxylation is 1. The summed E-state index contributed by atoms with van der Waals surface area (Å²) in [5.41, 5.74) is 0.657. The summed E-state index contributed by atoms with van der Waals surface area (Å²) in [6.07, 6.45) is 1.87. The summed E-state index contributed by atoms with van der Waals surface area (Å²) in [5, 5.41) is 0. The van der Waals surface area contributed by atoms with Gasteiger partial charge in [-0.15, -0.1) is 0 Å². The van der Waals surface area contributed by atoms with E-state index in [9.17, 15) is 4.79 Å². The number of rotatable bonds is 1. The van der Waals surface area contributed by atoms with E-state index < -0.39 is 0 Å². The average molecular weight is 273 g/mol. The molecular formula is C10H13BrN2O2. The van der Waals surface area contributed by atoms with Crippen LogP contribution in [-0.2, 0) is 4.74 Å². The van der Waals surface area contributed by atoms with Crippen molar-refractivity contribution in [1.29, 1.82) is 0 Å². The first-order chi connectivity index (χ1) is 7.18. The Hall–Kier alpha value is -0.680. The molecule has 1 fully saturated rings. The second kappa shape index (κ2) is 4.45. The van der Waals surface area contributed by atoms with Crippen molar-refractivity contribution in [2.45, 2.75) is 25.7 Å². The Kier molecular flexibility index (Phi) is 3.21. The van der Waals surface area contributed by atoms with Crippen molar-refractivity contribution in [2.24, 2.45) is 0 Å². The molecule has 1 aromatic rings. The second-order valence-corrected chi connectivity index (χ2v) is 4.53. The first kappa shape index (κ1) is 10.8. The number of hydrogen-bond donors (Lipinski definition) is 1. The van der Waals surface area contributed by atoms with Crippen LogP contribution >= 0.6 is 15.9 Å². The van der Waals surface area contributed by atoms with Gasteiger partial charge in [-0.05, 0) is 35.7 Å². The summed E-state index contributed by atoms with van der Waals surface area (Å²) in [4.78, 5) is 18.7. The molecule has 0 aromatic carbocycles. The minimum Gasteiger partial charge on any atom is -0.381 e. The number of nitrogens with one attached hydrogen (secondary N) is 1. The normalized spacial score (nSPS) is 18.0. The van der Waals surface area contributed by atoms with Gasteiger partial charge in [-0.3, -0.25) is 4.79 Å². The third-order valence-corrected chi connectivity index (χ3v) is 3.59. The number of hydrogen-bond acceptors (Lipinski definition) is 3. The maximum Gasteiger partial charge on any atom is 0.265 e. The molecule has 0 amide bonds. The highest BCUT2D eigenvalue weighted by atomic mass is 79.9. The fourth-order valence-electron chi connectivity index (χ4n) is 1.76. The number of aromatic nitrogens is 2. The highest BCUT2D eigenvalue weighted by Gasteiger charge is 2.19. The Morgan fingerprint density at radius 2 is 2.13 bits per heavy atom.